The van der Waals surface area contributed by atoms with E-state index in [0.717, 1.165) is 0 Å². The first-order chi connectivity index (χ1) is 7.44. The van der Waals surface area contributed by atoms with Gasteiger partial charge in [-0.1, -0.05) is 12.1 Å². The average Bonchev–Trinajstić information content (AvgIpc) is 2.21. The predicted molar refractivity (Wildman–Crippen MR) is 60.8 cm³/mol. The van der Waals surface area contributed by atoms with Crippen LogP contribution in [0.3, 0.4) is 0 Å². The second kappa shape index (κ2) is 5.27. The highest BCUT2D eigenvalue weighted by Crippen LogP contribution is 2.20. The van der Waals surface area contributed by atoms with E-state index in [2.05, 4.69) is 0 Å². The molecule has 0 spiro atoms. The Bertz CT molecular complexity index is 342. The minimum absolute atomic E-state index is 0.151. The van der Waals surface area contributed by atoms with Crippen molar-refractivity contribution in [1.29, 1.82) is 0 Å². The molecule has 0 aromatic heterocycles. The number of ether oxygens (including phenoxy) is 1. The lowest BCUT2D eigenvalue weighted by Crippen LogP contribution is -2.38. The third kappa shape index (κ3) is 3.79. The van der Waals surface area contributed by atoms with Crippen LogP contribution in [0.4, 0.5) is 4.39 Å². The zero-order chi connectivity index (χ0) is 12.2. The van der Waals surface area contributed by atoms with Crippen molar-refractivity contribution >= 4 is 0 Å². The van der Waals surface area contributed by atoms with Crippen LogP contribution in [-0.2, 0) is 0 Å². The van der Waals surface area contributed by atoms with Gasteiger partial charge in [-0.2, -0.15) is 0 Å². The molecule has 2 atom stereocenters. The van der Waals surface area contributed by atoms with Gasteiger partial charge in [0.1, 0.15) is 0 Å². The first-order valence-corrected chi connectivity index (χ1v) is 5.28. The van der Waals surface area contributed by atoms with Crippen molar-refractivity contribution in [3.8, 4) is 5.75 Å². The maximum Gasteiger partial charge on any atom is 0.165 e. The Balaban J connectivity index is 2.58. The summed E-state index contributed by atoms with van der Waals surface area (Å²) < 4.78 is 18.6. The number of hydrogen-bond acceptors (Lipinski definition) is 3. The standard InChI is InChI=1S/C12H18FNO2/c1-9(7-12(2,15)8-14)16-11-6-4-3-5-10(11)13/h3-6,9,15H,7-8,14H2,1-2H3. The third-order valence-electron chi connectivity index (χ3n) is 2.33. The minimum atomic E-state index is -0.981. The zero-order valence-electron chi connectivity index (χ0n) is 9.61. The molecule has 0 saturated heterocycles. The van der Waals surface area contributed by atoms with Crippen molar-refractivity contribution in [2.45, 2.75) is 32.0 Å². The molecule has 0 aliphatic rings. The highest BCUT2D eigenvalue weighted by atomic mass is 19.1. The number of hydrogen-bond donors (Lipinski definition) is 2. The van der Waals surface area contributed by atoms with E-state index in [1.54, 1.807) is 32.0 Å². The number of aliphatic hydroxyl groups is 1. The van der Waals surface area contributed by atoms with Crippen molar-refractivity contribution in [3.63, 3.8) is 0 Å². The van der Waals surface area contributed by atoms with E-state index in [1.807, 2.05) is 0 Å². The Morgan fingerprint density at radius 2 is 2.12 bits per heavy atom. The van der Waals surface area contributed by atoms with Crippen LogP contribution in [-0.4, -0.2) is 23.4 Å². The summed E-state index contributed by atoms with van der Waals surface area (Å²) in [5.74, 6) is -0.204. The quantitative estimate of drug-likeness (QED) is 0.805. The summed E-state index contributed by atoms with van der Waals surface area (Å²) in [5, 5.41) is 9.74. The topological polar surface area (TPSA) is 55.5 Å². The van der Waals surface area contributed by atoms with E-state index >= 15 is 0 Å². The Hall–Kier alpha value is -1.13. The molecule has 2 unspecified atom stereocenters. The maximum atomic E-state index is 13.3. The number of benzene rings is 1. The predicted octanol–water partition coefficient (Wildman–Crippen LogP) is 1.69. The molecule has 1 rings (SSSR count). The molecular weight excluding hydrogens is 209 g/mol. The normalized spacial score (nSPS) is 16.6. The summed E-state index contributed by atoms with van der Waals surface area (Å²) in [6.45, 7) is 3.56. The summed E-state index contributed by atoms with van der Waals surface area (Å²) >= 11 is 0. The maximum absolute atomic E-state index is 13.3. The van der Waals surface area contributed by atoms with Gasteiger partial charge in [-0.15, -0.1) is 0 Å². The van der Waals surface area contributed by atoms with E-state index in [4.69, 9.17) is 10.5 Å². The smallest absolute Gasteiger partial charge is 0.165 e. The molecule has 0 bridgehead atoms. The largest absolute Gasteiger partial charge is 0.488 e. The van der Waals surface area contributed by atoms with Crippen molar-refractivity contribution in [1.82, 2.24) is 0 Å². The summed E-state index contributed by atoms with van der Waals surface area (Å²) in [6, 6.07) is 6.20. The molecule has 1 aromatic carbocycles. The van der Waals surface area contributed by atoms with Gasteiger partial charge in [-0.3, -0.25) is 0 Å². The number of para-hydroxylation sites is 1. The van der Waals surface area contributed by atoms with E-state index in [9.17, 15) is 9.50 Å². The molecule has 0 aliphatic heterocycles. The van der Waals surface area contributed by atoms with Crippen molar-refractivity contribution in [2.75, 3.05) is 6.54 Å². The van der Waals surface area contributed by atoms with Gasteiger partial charge in [-0.25, -0.2) is 4.39 Å². The van der Waals surface area contributed by atoms with E-state index in [-0.39, 0.29) is 18.4 Å². The van der Waals surface area contributed by atoms with Crippen molar-refractivity contribution in [2.24, 2.45) is 5.73 Å². The number of halogens is 1. The van der Waals surface area contributed by atoms with Crippen LogP contribution in [0.1, 0.15) is 20.3 Å². The fourth-order valence-electron chi connectivity index (χ4n) is 1.50. The van der Waals surface area contributed by atoms with Crippen LogP contribution < -0.4 is 10.5 Å². The van der Waals surface area contributed by atoms with Gasteiger partial charge < -0.3 is 15.6 Å². The van der Waals surface area contributed by atoms with Gasteiger partial charge in [0.05, 0.1) is 11.7 Å². The van der Waals surface area contributed by atoms with Crippen LogP contribution in [0.15, 0.2) is 24.3 Å². The molecule has 0 fully saturated rings. The fourth-order valence-corrected chi connectivity index (χ4v) is 1.50. The lowest BCUT2D eigenvalue weighted by atomic mass is 9.99. The molecule has 0 amide bonds. The average molecular weight is 227 g/mol. The van der Waals surface area contributed by atoms with Crippen LogP contribution in [0.5, 0.6) is 5.75 Å². The van der Waals surface area contributed by atoms with Crippen LogP contribution in [0.25, 0.3) is 0 Å². The Morgan fingerprint density at radius 1 is 1.50 bits per heavy atom. The summed E-state index contributed by atoms with van der Waals surface area (Å²) in [6.07, 6.45) is 0.0631. The second-order valence-corrected chi connectivity index (χ2v) is 4.26. The van der Waals surface area contributed by atoms with Crippen molar-refractivity contribution in [3.05, 3.63) is 30.1 Å². The molecule has 0 heterocycles. The van der Waals surface area contributed by atoms with Crippen LogP contribution in [0.2, 0.25) is 0 Å². The number of rotatable bonds is 5. The Labute approximate surface area is 95.0 Å². The van der Waals surface area contributed by atoms with Crippen LogP contribution >= 0.6 is 0 Å². The molecular formula is C12H18FNO2. The molecule has 90 valence electrons. The molecule has 16 heavy (non-hydrogen) atoms. The third-order valence-corrected chi connectivity index (χ3v) is 2.33. The molecule has 0 aliphatic carbocycles. The highest BCUT2D eigenvalue weighted by Gasteiger charge is 2.22. The van der Waals surface area contributed by atoms with Gasteiger partial charge in [0.15, 0.2) is 11.6 Å². The highest BCUT2D eigenvalue weighted by molar-refractivity contribution is 5.23. The SMILES string of the molecule is CC(CC(C)(O)CN)Oc1ccccc1F. The molecule has 3 nitrogen and oxygen atoms in total. The minimum Gasteiger partial charge on any atom is -0.488 e. The fraction of sp³-hybridized carbons (Fsp3) is 0.500. The molecule has 4 heteroatoms. The first-order valence-electron chi connectivity index (χ1n) is 5.28. The van der Waals surface area contributed by atoms with E-state index < -0.39 is 11.4 Å². The van der Waals surface area contributed by atoms with Gasteiger partial charge in [-0.05, 0) is 26.0 Å². The van der Waals surface area contributed by atoms with E-state index in [1.165, 1.54) is 6.07 Å². The Morgan fingerprint density at radius 3 is 2.69 bits per heavy atom. The van der Waals surface area contributed by atoms with E-state index in [0.29, 0.717) is 6.42 Å². The summed E-state index contributed by atoms with van der Waals surface area (Å²) in [7, 11) is 0. The van der Waals surface area contributed by atoms with Crippen molar-refractivity contribution < 1.29 is 14.2 Å². The summed E-state index contributed by atoms with van der Waals surface area (Å²) in [5.41, 5.74) is 4.42. The first kappa shape index (κ1) is 12.9. The summed E-state index contributed by atoms with van der Waals surface area (Å²) in [4.78, 5) is 0. The lowest BCUT2D eigenvalue weighted by Gasteiger charge is -2.25. The molecule has 3 N–H and O–H groups in total. The van der Waals surface area contributed by atoms with Gasteiger partial charge in [0.2, 0.25) is 0 Å². The van der Waals surface area contributed by atoms with Gasteiger partial charge in [0, 0.05) is 13.0 Å². The van der Waals surface area contributed by atoms with Gasteiger partial charge in [0.25, 0.3) is 0 Å². The zero-order valence-corrected chi connectivity index (χ0v) is 9.61. The molecule has 1 aromatic rings. The van der Waals surface area contributed by atoms with Crippen LogP contribution in [0, 0.1) is 5.82 Å². The molecule has 0 saturated carbocycles. The van der Waals surface area contributed by atoms with Gasteiger partial charge >= 0.3 is 0 Å². The second-order valence-electron chi connectivity index (χ2n) is 4.26. The monoisotopic (exact) mass is 227 g/mol. The molecule has 0 radical (unpaired) electrons. The Kier molecular flexibility index (Phi) is 4.26. The lowest BCUT2D eigenvalue weighted by molar-refractivity contribution is 0.0228. The number of nitrogens with two attached hydrogens (primary N) is 1.